The number of carbonyl (C=O) groups is 1. The van der Waals surface area contributed by atoms with E-state index in [9.17, 15) is 4.79 Å². The van der Waals surface area contributed by atoms with Crippen molar-refractivity contribution in [3.05, 3.63) is 0 Å². The van der Waals surface area contributed by atoms with Gasteiger partial charge in [-0.3, -0.25) is 4.79 Å². The molecule has 4 heteroatoms. The Balaban J connectivity index is 0.00000144. The molecule has 1 aliphatic rings. The average Bonchev–Trinajstić information content (AvgIpc) is 2.17. The number of hydrogen-bond donors (Lipinski definition) is 1. The molecule has 0 saturated heterocycles. The molecule has 13 heavy (non-hydrogen) atoms. The van der Waals surface area contributed by atoms with Gasteiger partial charge in [0, 0.05) is 0 Å². The highest BCUT2D eigenvalue weighted by molar-refractivity contribution is 5.85. The van der Waals surface area contributed by atoms with Gasteiger partial charge in [0.2, 0.25) is 0 Å². The smallest absolute Gasteiger partial charge is 0.326 e. The van der Waals surface area contributed by atoms with E-state index in [2.05, 4.69) is 5.32 Å². The minimum absolute atomic E-state index is 0. The summed E-state index contributed by atoms with van der Waals surface area (Å²) >= 11 is 0. The SMILES string of the molecule is CNC1(C(=O)OC)CCCCC1.Cl. The van der Waals surface area contributed by atoms with Crippen molar-refractivity contribution in [3.8, 4) is 0 Å². The van der Waals surface area contributed by atoms with Crippen molar-refractivity contribution >= 4 is 18.4 Å². The number of carbonyl (C=O) groups excluding carboxylic acids is 1. The Bertz CT molecular complexity index is 167. The number of ether oxygens (including phenoxy) is 1. The quantitative estimate of drug-likeness (QED) is 0.698. The first-order valence-corrected chi connectivity index (χ1v) is 4.52. The molecule has 1 aliphatic carbocycles. The van der Waals surface area contributed by atoms with Crippen molar-refractivity contribution in [1.29, 1.82) is 0 Å². The van der Waals surface area contributed by atoms with Crippen molar-refractivity contribution in [2.45, 2.75) is 37.6 Å². The molecule has 0 aliphatic heterocycles. The van der Waals surface area contributed by atoms with Crippen LogP contribution in [-0.4, -0.2) is 25.7 Å². The molecule has 0 aromatic heterocycles. The highest BCUT2D eigenvalue weighted by Crippen LogP contribution is 2.28. The zero-order valence-electron chi connectivity index (χ0n) is 8.26. The Kier molecular flexibility index (Phi) is 5.33. The second-order valence-electron chi connectivity index (χ2n) is 3.38. The summed E-state index contributed by atoms with van der Waals surface area (Å²) in [6, 6.07) is 0. The maximum Gasteiger partial charge on any atom is 0.326 e. The predicted octanol–water partition coefficient (Wildman–Crippen LogP) is 1.50. The van der Waals surface area contributed by atoms with Crippen LogP contribution in [0.1, 0.15) is 32.1 Å². The molecular weight excluding hydrogens is 190 g/mol. The van der Waals surface area contributed by atoms with Crippen molar-refractivity contribution in [3.63, 3.8) is 0 Å². The lowest BCUT2D eigenvalue weighted by Crippen LogP contribution is -2.52. The molecule has 78 valence electrons. The molecule has 0 amide bonds. The number of rotatable bonds is 2. The van der Waals surface area contributed by atoms with Gasteiger partial charge in [0.25, 0.3) is 0 Å². The first-order valence-electron chi connectivity index (χ1n) is 4.52. The average molecular weight is 208 g/mol. The van der Waals surface area contributed by atoms with Crippen molar-refractivity contribution in [2.24, 2.45) is 0 Å². The summed E-state index contributed by atoms with van der Waals surface area (Å²) in [5.41, 5.74) is -0.382. The minimum atomic E-state index is -0.382. The lowest BCUT2D eigenvalue weighted by Gasteiger charge is -2.33. The molecule has 0 unspecified atom stereocenters. The summed E-state index contributed by atoms with van der Waals surface area (Å²) in [7, 11) is 3.29. The van der Waals surface area contributed by atoms with Crippen molar-refractivity contribution in [1.82, 2.24) is 5.32 Å². The van der Waals surface area contributed by atoms with E-state index in [-0.39, 0.29) is 23.9 Å². The molecule has 1 saturated carbocycles. The monoisotopic (exact) mass is 207 g/mol. The second kappa shape index (κ2) is 5.45. The number of nitrogens with one attached hydrogen (secondary N) is 1. The maximum atomic E-state index is 11.4. The van der Waals surface area contributed by atoms with Crippen molar-refractivity contribution in [2.75, 3.05) is 14.2 Å². The van der Waals surface area contributed by atoms with Crippen LogP contribution >= 0.6 is 12.4 Å². The molecule has 1 rings (SSSR count). The molecule has 0 heterocycles. The maximum absolute atomic E-state index is 11.4. The minimum Gasteiger partial charge on any atom is -0.468 e. The van der Waals surface area contributed by atoms with E-state index < -0.39 is 0 Å². The summed E-state index contributed by atoms with van der Waals surface area (Å²) in [4.78, 5) is 11.4. The van der Waals surface area contributed by atoms with E-state index in [0.717, 1.165) is 25.7 Å². The lowest BCUT2D eigenvalue weighted by molar-refractivity contribution is -0.149. The third kappa shape index (κ3) is 2.58. The van der Waals surface area contributed by atoms with Gasteiger partial charge in [0.15, 0.2) is 0 Å². The molecule has 0 aromatic rings. The summed E-state index contributed by atoms with van der Waals surface area (Å²) in [6.45, 7) is 0. The van der Waals surface area contributed by atoms with Crippen LogP contribution in [0.2, 0.25) is 0 Å². The number of methoxy groups -OCH3 is 1. The lowest BCUT2D eigenvalue weighted by atomic mass is 9.82. The normalized spacial score (nSPS) is 20.2. The molecular formula is C9H18ClNO2. The Labute approximate surface area is 85.6 Å². The molecule has 0 bridgehead atoms. The Morgan fingerprint density at radius 1 is 1.31 bits per heavy atom. The van der Waals surface area contributed by atoms with Crippen LogP contribution in [-0.2, 0) is 9.53 Å². The summed E-state index contributed by atoms with van der Waals surface area (Å²) in [5, 5.41) is 3.09. The molecule has 1 fully saturated rings. The number of likely N-dealkylation sites (N-methyl/N-ethyl adjacent to an activating group) is 1. The Morgan fingerprint density at radius 3 is 2.23 bits per heavy atom. The van der Waals surface area contributed by atoms with E-state index in [1.807, 2.05) is 7.05 Å². The van der Waals surface area contributed by atoms with Gasteiger partial charge in [0.05, 0.1) is 7.11 Å². The Hall–Kier alpha value is -0.280. The topological polar surface area (TPSA) is 38.3 Å². The van der Waals surface area contributed by atoms with E-state index in [1.54, 1.807) is 0 Å². The van der Waals surface area contributed by atoms with E-state index in [0.29, 0.717) is 0 Å². The van der Waals surface area contributed by atoms with Gasteiger partial charge in [-0.05, 0) is 19.9 Å². The number of halogens is 1. The fraction of sp³-hybridized carbons (Fsp3) is 0.889. The van der Waals surface area contributed by atoms with E-state index in [4.69, 9.17) is 4.74 Å². The van der Waals surface area contributed by atoms with Crippen LogP contribution in [0.4, 0.5) is 0 Å². The first-order chi connectivity index (χ1) is 5.75. The van der Waals surface area contributed by atoms with Crippen LogP contribution in [0.5, 0.6) is 0 Å². The van der Waals surface area contributed by atoms with Gasteiger partial charge in [-0.15, -0.1) is 12.4 Å². The highest BCUT2D eigenvalue weighted by Gasteiger charge is 2.38. The zero-order valence-corrected chi connectivity index (χ0v) is 9.08. The molecule has 0 spiro atoms. The number of hydrogen-bond acceptors (Lipinski definition) is 3. The van der Waals surface area contributed by atoms with E-state index >= 15 is 0 Å². The highest BCUT2D eigenvalue weighted by atomic mass is 35.5. The standard InChI is InChI=1S/C9H17NO2.ClH/c1-10-9(8(11)12-2)6-4-3-5-7-9;/h10H,3-7H2,1-2H3;1H. The third-order valence-corrected chi connectivity index (χ3v) is 2.76. The molecule has 0 radical (unpaired) electrons. The summed E-state index contributed by atoms with van der Waals surface area (Å²) in [6.07, 6.45) is 5.30. The van der Waals surface area contributed by atoms with Crippen LogP contribution in [0.25, 0.3) is 0 Å². The van der Waals surface area contributed by atoms with E-state index in [1.165, 1.54) is 13.5 Å². The molecule has 1 N–H and O–H groups in total. The number of esters is 1. The van der Waals surface area contributed by atoms with Gasteiger partial charge in [-0.2, -0.15) is 0 Å². The van der Waals surface area contributed by atoms with Gasteiger partial charge in [-0.1, -0.05) is 19.3 Å². The van der Waals surface area contributed by atoms with Gasteiger partial charge < -0.3 is 10.1 Å². The fourth-order valence-corrected chi connectivity index (χ4v) is 1.91. The molecule has 0 atom stereocenters. The van der Waals surface area contributed by atoms with Crippen molar-refractivity contribution < 1.29 is 9.53 Å². The Morgan fingerprint density at radius 2 is 1.85 bits per heavy atom. The molecule has 0 aromatic carbocycles. The van der Waals surface area contributed by atoms with Crippen LogP contribution in [0.3, 0.4) is 0 Å². The third-order valence-electron chi connectivity index (χ3n) is 2.76. The van der Waals surface area contributed by atoms with Crippen LogP contribution < -0.4 is 5.32 Å². The van der Waals surface area contributed by atoms with Crippen LogP contribution in [0, 0.1) is 0 Å². The summed E-state index contributed by atoms with van der Waals surface area (Å²) < 4.78 is 4.78. The second-order valence-corrected chi connectivity index (χ2v) is 3.38. The molecule has 3 nitrogen and oxygen atoms in total. The predicted molar refractivity (Wildman–Crippen MR) is 54.1 cm³/mol. The van der Waals surface area contributed by atoms with Gasteiger partial charge in [-0.25, -0.2) is 0 Å². The van der Waals surface area contributed by atoms with Gasteiger partial charge >= 0.3 is 5.97 Å². The van der Waals surface area contributed by atoms with Crippen LogP contribution in [0.15, 0.2) is 0 Å². The van der Waals surface area contributed by atoms with Gasteiger partial charge in [0.1, 0.15) is 5.54 Å². The fourth-order valence-electron chi connectivity index (χ4n) is 1.91. The zero-order chi connectivity index (χ0) is 9.03. The first kappa shape index (κ1) is 12.7. The largest absolute Gasteiger partial charge is 0.468 e. The summed E-state index contributed by atoms with van der Waals surface area (Å²) in [5.74, 6) is -0.107.